The highest BCUT2D eigenvalue weighted by atomic mass is 16.4. The van der Waals surface area contributed by atoms with Crippen LogP contribution in [-0.2, 0) is 9.59 Å². The van der Waals surface area contributed by atoms with Crippen LogP contribution in [0.4, 0.5) is 4.79 Å². The van der Waals surface area contributed by atoms with Crippen LogP contribution in [0.2, 0.25) is 0 Å². The molecule has 8 heteroatoms. The number of carbonyl (C=O) groups is 3. The number of nitrogens with zero attached hydrogens (tertiary/aromatic N) is 1. The summed E-state index contributed by atoms with van der Waals surface area (Å²) in [6, 6.07) is -1.63. The number of nitrogens with one attached hydrogen (secondary N) is 2. The topological polar surface area (TPSA) is 119 Å². The molecule has 0 unspecified atom stereocenters. The number of piperazine rings is 1. The van der Waals surface area contributed by atoms with Crippen molar-refractivity contribution in [1.82, 2.24) is 15.5 Å². The molecule has 4 N–H and O–H groups in total. The Morgan fingerprint density at radius 3 is 2.33 bits per heavy atom. The Bertz CT molecular complexity index is 327. The van der Waals surface area contributed by atoms with Crippen LogP contribution in [0.25, 0.3) is 0 Å². The van der Waals surface area contributed by atoms with Crippen LogP contribution < -0.4 is 10.6 Å². The first kappa shape index (κ1) is 14.2. The summed E-state index contributed by atoms with van der Waals surface area (Å²) in [5, 5.41) is 22.8. The minimum absolute atomic E-state index is 0.123. The van der Waals surface area contributed by atoms with Crippen LogP contribution in [-0.4, -0.2) is 65.3 Å². The van der Waals surface area contributed by atoms with Crippen molar-refractivity contribution < 1.29 is 24.6 Å². The van der Waals surface area contributed by atoms with E-state index in [1.165, 1.54) is 4.90 Å². The number of rotatable bonds is 5. The molecule has 1 fully saturated rings. The van der Waals surface area contributed by atoms with E-state index < -0.39 is 24.0 Å². The van der Waals surface area contributed by atoms with Crippen LogP contribution in [0.3, 0.4) is 0 Å². The van der Waals surface area contributed by atoms with E-state index in [9.17, 15) is 14.4 Å². The molecule has 2 amide bonds. The van der Waals surface area contributed by atoms with Crippen molar-refractivity contribution in [3.63, 3.8) is 0 Å². The fourth-order valence-electron chi connectivity index (χ4n) is 1.63. The molecule has 1 aliphatic rings. The number of carboxylic acids is 2. The van der Waals surface area contributed by atoms with E-state index >= 15 is 0 Å². The summed E-state index contributed by atoms with van der Waals surface area (Å²) < 4.78 is 0. The Kier molecular flexibility index (Phi) is 5.37. The molecule has 1 heterocycles. The zero-order valence-corrected chi connectivity index (χ0v) is 9.89. The number of hydrogen-bond donors (Lipinski definition) is 4. The third-order valence-corrected chi connectivity index (χ3v) is 2.65. The summed E-state index contributed by atoms with van der Waals surface area (Å²) in [6.07, 6.45) is -0.415. The van der Waals surface area contributed by atoms with E-state index in [1.807, 2.05) is 0 Å². The Labute approximate surface area is 104 Å². The third-order valence-electron chi connectivity index (χ3n) is 2.65. The Morgan fingerprint density at radius 1 is 1.22 bits per heavy atom. The van der Waals surface area contributed by atoms with Gasteiger partial charge >= 0.3 is 18.0 Å². The summed E-state index contributed by atoms with van der Waals surface area (Å²) >= 11 is 0. The van der Waals surface area contributed by atoms with Gasteiger partial charge < -0.3 is 25.7 Å². The predicted octanol–water partition coefficient (Wildman–Crippen LogP) is -1.08. The molecule has 0 radical (unpaired) electrons. The number of amides is 2. The van der Waals surface area contributed by atoms with E-state index in [2.05, 4.69) is 10.6 Å². The molecular weight excluding hydrogens is 242 g/mol. The largest absolute Gasteiger partial charge is 0.481 e. The molecule has 0 aromatic rings. The third kappa shape index (κ3) is 4.58. The SMILES string of the molecule is O=C(O)CC[C@H](NC(=O)N1CCNCC1)C(=O)O. The van der Waals surface area contributed by atoms with Gasteiger partial charge in [0.05, 0.1) is 0 Å². The van der Waals surface area contributed by atoms with Gasteiger partial charge in [0, 0.05) is 32.6 Å². The van der Waals surface area contributed by atoms with Crippen molar-refractivity contribution in [2.45, 2.75) is 18.9 Å². The predicted molar refractivity (Wildman–Crippen MR) is 61.3 cm³/mol. The first-order chi connectivity index (χ1) is 8.50. The van der Waals surface area contributed by atoms with Gasteiger partial charge in [0.2, 0.25) is 0 Å². The lowest BCUT2D eigenvalue weighted by Gasteiger charge is -2.28. The normalized spacial score (nSPS) is 17.0. The van der Waals surface area contributed by atoms with Crippen LogP contribution in [0.1, 0.15) is 12.8 Å². The summed E-state index contributed by atoms with van der Waals surface area (Å²) in [5.41, 5.74) is 0. The second-order valence-electron chi connectivity index (χ2n) is 4.01. The maximum atomic E-state index is 11.7. The monoisotopic (exact) mass is 259 g/mol. The lowest BCUT2D eigenvalue weighted by atomic mass is 10.1. The number of hydrogen-bond acceptors (Lipinski definition) is 4. The second kappa shape index (κ2) is 6.80. The maximum Gasteiger partial charge on any atom is 0.326 e. The van der Waals surface area contributed by atoms with Crippen molar-refractivity contribution in [3.8, 4) is 0 Å². The fourth-order valence-corrected chi connectivity index (χ4v) is 1.63. The van der Waals surface area contributed by atoms with Gasteiger partial charge in [0.25, 0.3) is 0 Å². The molecule has 0 spiro atoms. The summed E-state index contributed by atoms with van der Waals surface area (Å²) in [7, 11) is 0. The highest BCUT2D eigenvalue weighted by molar-refractivity contribution is 5.83. The minimum Gasteiger partial charge on any atom is -0.481 e. The average Bonchev–Trinajstić information content (AvgIpc) is 2.34. The van der Waals surface area contributed by atoms with Gasteiger partial charge in [-0.3, -0.25) is 4.79 Å². The molecule has 1 atom stereocenters. The number of carbonyl (C=O) groups excluding carboxylic acids is 1. The summed E-state index contributed by atoms with van der Waals surface area (Å²) in [4.78, 5) is 34.5. The zero-order chi connectivity index (χ0) is 13.5. The Morgan fingerprint density at radius 2 is 1.83 bits per heavy atom. The molecule has 0 saturated carbocycles. The lowest BCUT2D eigenvalue weighted by molar-refractivity contribution is -0.140. The van der Waals surface area contributed by atoms with Crippen LogP contribution >= 0.6 is 0 Å². The van der Waals surface area contributed by atoms with Gasteiger partial charge in [0.15, 0.2) is 0 Å². The summed E-state index contributed by atoms with van der Waals surface area (Å²) in [5.74, 6) is -2.31. The molecule has 1 saturated heterocycles. The standard InChI is InChI=1S/C10H17N3O5/c14-8(15)2-1-7(9(16)17)12-10(18)13-5-3-11-4-6-13/h7,11H,1-6H2,(H,12,18)(H,14,15)(H,16,17)/t7-/m0/s1. The highest BCUT2D eigenvalue weighted by Crippen LogP contribution is 2.01. The molecule has 8 nitrogen and oxygen atoms in total. The second-order valence-corrected chi connectivity index (χ2v) is 4.01. The molecular formula is C10H17N3O5. The average molecular weight is 259 g/mol. The van der Waals surface area contributed by atoms with E-state index in [-0.39, 0.29) is 12.8 Å². The van der Waals surface area contributed by atoms with Gasteiger partial charge in [-0.25, -0.2) is 9.59 Å². The van der Waals surface area contributed by atoms with Crippen LogP contribution in [0, 0.1) is 0 Å². The van der Waals surface area contributed by atoms with Crippen molar-refractivity contribution in [3.05, 3.63) is 0 Å². The minimum atomic E-state index is -1.22. The van der Waals surface area contributed by atoms with Gasteiger partial charge in [-0.1, -0.05) is 0 Å². The molecule has 18 heavy (non-hydrogen) atoms. The van der Waals surface area contributed by atoms with Gasteiger partial charge in [-0.05, 0) is 6.42 Å². The number of urea groups is 1. The van der Waals surface area contributed by atoms with Crippen molar-refractivity contribution >= 4 is 18.0 Å². The smallest absolute Gasteiger partial charge is 0.326 e. The van der Waals surface area contributed by atoms with E-state index in [4.69, 9.17) is 10.2 Å². The Hall–Kier alpha value is -1.83. The number of carboxylic acid groups (broad SMARTS) is 2. The maximum absolute atomic E-state index is 11.7. The first-order valence-electron chi connectivity index (χ1n) is 5.71. The zero-order valence-electron chi connectivity index (χ0n) is 9.89. The molecule has 0 bridgehead atoms. The lowest BCUT2D eigenvalue weighted by Crippen LogP contribution is -2.53. The van der Waals surface area contributed by atoms with E-state index in [0.717, 1.165) is 0 Å². The molecule has 102 valence electrons. The molecule has 0 aromatic heterocycles. The van der Waals surface area contributed by atoms with Gasteiger partial charge in [-0.2, -0.15) is 0 Å². The van der Waals surface area contributed by atoms with E-state index in [0.29, 0.717) is 26.2 Å². The van der Waals surface area contributed by atoms with Gasteiger partial charge in [0.1, 0.15) is 6.04 Å². The van der Waals surface area contributed by atoms with Crippen molar-refractivity contribution in [2.75, 3.05) is 26.2 Å². The van der Waals surface area contributed by atoms with Crippen LogP contribution in [0.5, 0.6) is 0 Å². The molecule has 0 aliphatic carbocycles. The number of aliphatic carboxylic acids is 2. The Balaban J connectivity index is 2.46. The van der Waals surface area contributed by atoms with Crippen molar-refractivity contribution in [1.29, 1.82) is 0 Å². The first-order valence-corrected chi connectivity index (χ1v) is 5.71. The highest BCUT2D eigenvalue weighted by Gasteiger charge is 2.24. The van der Waals surface area contributed by atoms with E-state index in [1.54, 1.807) is 0 Å². The summed E-state index contributed by atoms with van der Waals surface area (Å²) in [6.45, 7) is 2.36. The van der Waals surface area contributed by atoms with Gasteiger partial charge in [-0.15, -0.1) is 0 Å². The van der Waals surface area contributed by atoms with Crippen LogP contribution in [0.15, 0.2) is 0 Å². The molecule has 0 aromatic carbocycles. The molecule has 1 rings (SSSR count). The van der Waals surface area contributed by atoms with Crippen molar-refractivity contribution in [2.24, 2.45) is 0 Å². The fraction of sp³-hybridized carbons (Fsp3) is 0.700. The quantitative estimate of drug-likeness (QED) is 0.498. The molecule has 1 aliphatic heterocycles.